The molecule has 2 aromatic rings. The summed E-state index contributed by atoms with van der Waals surface area (Å²) in [6.45, 7) is 7.93. The minimum atomic E-state index is -0.391. The minimum Gasteiger partial charge on any atom is -0.493 e. The Morgan fingerprint density at radius 1 is 1.10 bits per heavy atom. The number of carbonyl (C=O) groups excluding carboxylic acids is 1. The van der Waals surface area contributed by atoms with Crippen LogP contribution in [0.3, 0.4) is 0 Å². The molecule has 0 aromatic heterocycles. The van der Waals surface area contributed by atoms with E-state index < -0.39 is 5.91 Å². The summed E-state index contributed by atoms with van der Waals surface area (Å²) in [5.74, 6) is 1.17. The van der Waals surface area contributed by atoms with Gasteiger partial charge in [0.2, 0.25) is 0 Å². The molecular formula is C21H20Br2N2O4. The highest BCUT2D eigenvalue weighted by molar-refractivity contribution is 9.11. The summed E-state index contributed by atoms with van der Waals surface area (Å²) in [6, 6.07) is 8.55. The first kappa shape index (κ1) is 22.7. The van der Waals surface area contributed by atoms with E-state index in [0.29, 0.717) is 41.6 Å². The Bertz CT molecular complexity index is 929. The lowest BCUT2D eigenvalue weighted by atomic mass is 10.2. The van der Waals surface area contributed by atoms with Gasteiger partial charge in [-0.1, -0.05) is 41.2 Å². The first-order chi connectivity index (χ1) is 14.0. The fourth-order valence-corrected chi connectivity index (χ4v) is 3.65. The van der Waals surface area contributed by atoms with Gasteiger partial charge < -0.3 is 14.2 Å². The molecule has 0 spiro atoms. The molecule has 0 atom stereocenters. The fourth-order valence-electron chi connectivity index (χ4n) is 2.27. The van der Waals surface area contributed by atoms with Crippen LogP contribution in [0.15, 0.2) is 69.7 Å². The Kier molecular flexibility index (Phi) is 8.95. The van der Waals surface area contributed by atoms with E-state index in [9.17, 15) is 4.79 Å². The van der Waals surface area contributed by atoms with Crippen molar-refractivity contribution in [2.45, 2.75) is 0 Å². The summed E-state index contributed by atoms with van der Waals surface area (Å²) < 4.78 is 18.0. The normalized spacial score (nSPS) is 10.4. The molecular weight excluding hydrogens is 504 g/mol. The smallest absolute Gasteiger partial charge is 0.271 e. The van der Waals surface area contributed by atoms with E-state index in [1.807, 2.05) is 12.1 Å². The van der Waals surface area contributed by atoms with Crippen molar-refractivity contribution in [3.8, 4) is 17.2 Å². The first-order valence-electron chi connectivity index (χ1n) is 8.48. The summed E-state index contributed by atoms with van der Waals surface area (Å²) >= 11 is 6.88. The number of hydrogen-bond donors (Lipinski definition) is 1. The van der Waals surface area contributed by atoms with Crippen molar-refractivity contribution in [3.63, 3.8) is 0 Å². The molecule has 0 radical (unpaired) electrons. The molecule has 1 N–H and O–H groups in total. The second kappa shape index (κ2) is 11.4. The maximum atomic E-state index is 12.4. The van der Waals surface area contributed by atoms with Crippen molar-refractivity contribution in [2.24, 2.45) is 5.10 Å². The van der Waals surface area contributed by atoms with Crippen LogP contribution in [0, 0.1) is 0 Å². The zero-order chi connectivity index (χ0) is 21.2. The topological polar surface area (TPSA) is 69.2 Å². The van der Waals surface area contributed by atoms with Gasteiger partial charge in [-0.25, -0.2) is 5.43 Å². The molecule has 0 saturated carbocycles. The number of methoxy groups -OCH3 is 1. The van der Waals surface area contributed by atoms with Crippen LogP contribution in [0.4, 0.5) is 0 Å². The van der Waals surface area contributed by atoms with Gasteiger partial charge in [0.1, 0.15) is 19.0 Å². The van der Waals surface area contributed by atoms with Gasteiger partial charge in [-0.05, 0) is 46.3 Å². The molecule has 0 bridgehead atoms. The van der Waals surface area contributed by atoms with Gasteiger partial charge in [-0.2, -0.15) is 5.10 Å². The molecule has 2 aromatic carbocycles. The summed E-state index contributed by atoms with van der Waals surface area (Å²) in [6.07, 6.45) is 4.78. The molecule has 0 heterocycles. The van der Waals surface area contributed by atoms with E-state index in [2.05, 4.69) is 55.5 Å². The summed E-state index contributed by atoms with van der Waals surface area (Å²) in [5, 5.41) is 4.04. The summed E-state index contributed by atoms with van der Waals surface area (Å²) in [7, 11) is 1.51. The van der Waals surface area contributed by atoms with Crippen molar-refractivity contribution < 1.29 is 19.0 Å². The van der Waals surface area contributed by atoms with Crippen LogP contribution in [0.1, 0.15) is 15.9 Å². The average Bonchev–Trinajstić information content (AvgIpc) is 2.71. The van der Waals surface area contributed by atoms with E-state index >= 15 is 0 Å². The first-order valence-corrected chi connectivity index (χ1v) is 10.1. The fraction of sp³-hybridized carbons (Fsp3) is 0.143. The second-order valence-electron chi connectivity index (χ2n) is 5.57. The van der Waals surface area contributed by atoms with Crippen molar-refractivity contribution >= 4 is 44.0 Å². The number of nitrogens with one attached hydrogen (secondary N) is 1. The third-order valence-corrected chi connectivity index (χ3v) is 4.58. The molecule has 29 heavy (non-hydrogen) atoms. The van der Waals surface area contributed by atoms with Gasteiger partial charge in [-0.3, -0.25) is 4.79 Å². The monoisotopic (exact) mass is 522 g/mol. The number of halogens is 2. The van der Waals surface area contributed by atoms with Crippen molar-refractivity contribution in [1.82, 2.24) is 5.43 Å². The Hall–Kier alpha value is -2.58. The van der Waals surface area contributed by atoms with Gasteiger partial charge in [-0.15, -0.1) is 0 Å². The number of amides is 1. The molecule has 0 aliphatic carbocycles. The predicted octanol–water partition coefficient (Wildman–Crippen LogP) is 5.11. The standard InChI is InChI=1S/C21H20Br2N2O4/c1-4-8-28-18-7-6-14(11-19(18)27-3)21(26)25-24-13-15-10-16(22)12-17(23)20(15)29-9-5-2/h4-7,10-13H,1-2,8-9H2,3H3,(H,25,26)/b24-13+. The highest BCUT2D eigenvalue weighted by Gasteiger charge is 2.12. The third-order valence-electron chi connectivity index (χ3n) is 3.53. The van der Waals surface area contributed by atoms with Gasteiger partial charge in [0.05, 0.1) is 17.8 Å². The molecule has 0 fully saturated rings. The number of carbonyl (C=O) groups is 1. The number of benzene rings is 2. The van der Waals surface area contributed by atoms with Crippen LogP contribution in [0.25, 0.3) is 0 Å². The molecule has 0 aliphatic heterocycles. The Balaban J connectivity index is 2.15. The summed E-state index contributed by atoms with van der Waals surface area (Å²) in [5.41, 5.74) is 3.55. The Morgan fingerprint density at radius 3 is 2.52 bits per heavy atom. The molecule has 2 rings (SSSR count). The van der Waals surface area contributed by atoms with Crippen LogP contribution in [-0.4, -0.2) is 32.4 Å². The van der Waals surface area contributed by atoms with E-state index in [-0.39, 0.29) is 0 Å². The van der Waals surface area contributed by atoms with Crippen LogP contribution in [-0.2, 0) is 0 Å². The van der Waals surface area contributed by atoms with E-state index in [1.54, 1.807) is 30.4 Å². The second-order valence-corrected chi connectivity index (χ2v) is 7.34. The van der Waals surface area contributed by atoms with E-state index in [1.165, 1.54) is 13.3 Å². The molecule has 1 amide bonds. The van der Waals surface area contributed by atoms with Crippen LogP contribution in [0.2, 0.25) is 0 Å². The van der Waals surface area contributed by atoms with Gasteiger partial charge >= 0.3 is 0 Å². The molecule has 0 aliphatic rings. The zero-order valence-corrected chi connectivity index (χ0v) is 19.0. The number of nitrogens with zero attached hydrogens (tertiary/aromatic N) is 1. The summed E-state index contributed by atoms with van der Waals surface area (Å²) in [4.78, 5) is 12.4. The maximum absolute atomic E-state index is 12.4. The lowest BCUT2D eigenvalue weighted by Crippen LogP contribution is -2.17. The highest BCUT2D eigenvalue weighted by Crippen LogP contribution is 2.32. The Labute approximate surface area is 186 Å². The SMILES string of the molecule is C=CCOc1ccc(C(=O)N/N=C/c2cc(Br)cc(Br)c2OCC=C)cc1OC. The van der Waals surface area contributed by atoms with Crippen molar-refractivity contribution in [2.75, 3.05) is 20.3 Å². The maximum Gasteiger partial charge on any atom is 0.271 e. The average molecular weight is 524 g/mol. The number of hydrazone groups is 1. The van der Waals surface area contributed by atoms with Crippen molar-refractivity contribution in [3.05, 3.63) is 75.7 Å². The van der Waals surface area contributed by atoms with E-state index in [0.717, 1.165) is 8.95 Å². The zero-order valence-electron chi connectivity index (χ0n) is 15.8. The lowest BCUT2D eigenvalue weighted by molar-refractivity contribution is 0.0954. The van der Waals surface area contributed by atoms with Crippen LogP contribution in [0.5, 0.6) is 17.2 Å². The predicted molar refractivity (Wildman–Crippen MR) is 121 cm³/mol. The van der Waals surface area contributed by atoms with Gasteiger partial charge in [0.25, 0.3) is 5.91 Å². The number of hydrogen-bond acceptors (Lipinski definition) is 5. The third kappa shape index (κ3) is 6.47. The molecule has 0 saturated heterocycles. The molecule has 152 valence electrons. The van der Waals surface area contributed by atoms with E-state index in [4.69, 9.17) is 14.2 Å². The molecule has 6 nitrogen and oxygen atoms in total. The van der Waals surface area contributed by atoms with Gasteiger partial charge in [0, 0.05) is 15.6 Å². The lowest BCUT2D eigenvalue weighted by Gasteiger charge is -2.11. The minimum absolute atomic E-state index is 0.338. The number of ether oxygens (including phenoxy) is 3. The van der Waals surface area contributed by atoms with Crippen LogP contribution < -0.4 is 19.6 Å². The van der Waals surface area contributed by atoms with Gasteiger partial charge in [0.15, 0.2) is 11.5 Å². The van der Waals surface area contributed by atoms with Crippen LogP contribution >= 0.6 is 31.9 Å². The largest absolute Gasteiger partial charge is 0.493 e. The quantitative estimate of drug-likeness (QED) is 0.267. The molecule has 8 heteroatoms. The Morgan fingerprint density at radius 2 is 1.83 bits per heavy atom. The van der Waals surface area contributed by atoms with Crippen molar-refractivity contribution in [1.29, 1.82) is 0 Å². The molecule has 0 unspecified atom stereocenters. The number of rotatable bonds is 10. The highest BCUT2D eigenvalue weighted by atomic mass is 79.9.